The highest BCUT2D eigenvalue weighted by atomic mass is 79.9. The zero-order valence-corrected chi connectivity index (χ0v) is 13.6. The monoisotopic (exact) mass is 341 g/mol. The van der Waals surface area contributed by atoms with Crippen LogP contribution in [0.1, 0.15) is 32.6 Å². The molecule has 1 aromatic rings. The average molecular weight is 342 g/mol. The van der Waals surface area contributed by atoms with Crippen LogP contribution in [0.15, 0.2) is 28.7 Å². The third-order valence-corrected chi connectivity index (χ3v) is 4.40. The van der Waals surface area contributed by atoms with E-state index in [9.17, 15) is 5.11 Å². The molecule has 0 bridgehead atoms. The van der Waals surface area contributed by atoms with Gasteiger partial charge in [-0.1, -0.05) is 22.9 Å². The maximum absolute atomic E-state index is 9.95. The van der Waals surface area contributed by atoms with Gasteiger partial charge in [-0.3, -0.25) is 0 Å². The Kier molecular flexibility index (Phi) is 6.33. The molecule has 112 valence electrons. The van der Waals surface area contributed by atoms with Gasteiger partial charge in [0.2, 0.25) is 0 Å². The van der Waals surface area contributed by atoms with E-state index in [0.717, 1.165) is 28.9 Å². The molecule has 0 spiro atoms. The molecule has 1 atom stereocenters. The molecular formula is C16H24BrNO2. The third-order valence-electron chi connectivity index (χ3n) is 3.87. The molecule has 0 aliphatic heterocycles. The van der Waals surface area contributed by atoms with Crippen LogP contribution in [-0.2, 0) is 4.74 Å². The van der Waals surface area contributed by atoms with Crippen molar-refractivity contribution < 1.29 is 9.84 Å². The molecule has 1 saturated carbocycles. The van der Waals surface area contributed by atoms with Crippen LogP contribution in [0.5, 0.6) is 0 Å². The summed E-state index contributed by atoms with van der Waals surface area (Å²) in [4.78, 5) is 0. The standard InChI is InChI=1S/C16H24BrNO2/c1-12-2-8-16(9-3-12)20-11-15(19)10-18-14-6-4-13(17)5-7-14/h4-7,12,15-16,18-19H,2-3,8-11H2,1H3. The summed E-state index contributed by atoms with van der Waals surface area (Å²) in [6, 6.07) is 7.93. The van der Waals surface area contributed by atoms with Crippen LogP contribution >= 0.6 is 15.9 Å². The highest BCUT2D eigenvalue weighted by Gasteiger charge is 2.19. The van der Waals surface area contributed by atoms with Gasteiger partial charge in [0.25, 0.3) is 0 Å². The van der Waals surface area contributed by atoms with E-state index in [1.807, 2.05) is 24.3 Å². The van der Waals surface area contributed by atoms with E-state index >= 15 is 0 Å². The van der Waals surface area contributed by atoms with Gasteiger partial charge in [0, 0.05) is 16.7 Å². The zero-order chi connectivity index (χ0) is 14.4. The second-order valence-corrected chi connectivity index (χ2v) is 6.67. The predicted octanol–water partition coefficient (Wildman–Crippen LogP) is 3.82. The smallest absolute Gasteiger partial charge is 0.0945 e. The molecule has 0 saturated heterocycles. The Bertz CT molecular complexity index is 388. The van der Waals surface area contributed by atoms with Crippen LogP contribution < -0.4 is 5.32 Å². The Morgan fingerprint density at radius 1 is 1.25 bits per heavy atom. The maximum Gasteiger partial charge on any atom is 0.0945 e. The number of hydrogen-bond acceptors (Lipinski definition) is 3. The Hall–Kier alpha value is -0.580. The van der Waals surface area contributed by atoms with Crippen molar-refractivity contribution in [3.05, 3.63) is 28.7 Å². The van der Waals surface area contributed by atoms with Crippen molar-refractivity contribution in [3.8, 4) is 0 Å². The van der Waals surface area contributed by atoms with Gasteiger partial charge in [-0.2, -0.15) is 0 Å². The molecule has 1 aromatic carbocycles. The molecule has 3 nitrogen and oxygen atoms in total. The molecule has 1 unspecified atom stereocenters. The van der Waals surface area contributed by atoms with Crippen molar-refractivity contribution in [1.29, 1.82) is 0 Å². The first-order chi connectivity index (χ1) is 9.63. The maximum atomic E-state index is 9.95. The number of aliphatic hydroxyl groups excluding tert-OH is 1. The molecule has 1 aliphatic carbocycles. The van der Waals surface area contributed by atoms with Gasteiger partial charge in [-0.25, -0.2) is 0 Å². The molecule has 0 aromatic heterocycles. The number of anilines is 1. The van der Waals surface area contributed by atoms with E-state index < -0.39 is 6.10 Å². The van der Waals surface area contributed by atoms with Gasteiger partial charge in [0.05, 0.1) is 18.8 Å². The second kappa shape index (κ2) is 8.01. The van der Waals surface area contributed by atoms with Crippen molar-refractivity contribution in [1.82, 2.24) is 0 Å². The van der Waals surface area contributed by atoms with E-state index in [-0.39, 0.29) is 0 Å². The largest absolute Gasteiger partial charge is 0.389 e. The number of nitrogens with one attached hydrogen (secondary N) is 1. The molecule has 0 heterocycles. The number of benzene rings is 1. The summed E-state index contributed by atoms with van der Waals surface area (Å²) in [6.45, 7) is 3.24. The van der Waals surface area contributed by atoms with Gasteiger partial charge in [0.1, 0.15) is 0 Å². The number of halogens is 1. The first-order valence-electron chi connectivity index (χ1n) is 7.42. The molecule has 0 amide bonds. The summed E-state index contributed by atoms with van der Waals surface area (Å²) in [5, 5.41) is 13.2. The van der Waals surface area contributed by atoms with Crippen LogP contribution in [0.4, 0.5) is 5.69 Å². The molecule has 2 N–H and O–H groups in total. The number of rotatable bonds is 6. The lowest BCUT2D eigenvalue weighted by atomic mass is 9.89. The Balaban J connectivity index is 1.62. The van der Waals surface area contributed by atoms with Crippen LogP contribution in [0.25, 0.3) is 0 Å². The van der Waals surface area contributed by atoms with Crippen molar-refractivity contribution in [2.45, 2.75) is 44.8 Å². The number of hydrogen-bond donors (Lipinski definition) is 2. The Labute approximate surface area is 129 Å². The van der Waals surface area contributed by atoms with Crippen molar-refractivity contribution in [3.63, 3.8) is 0 Å². The first kappa shape index (κ1) is 15.8. The summed E-state index contributed by atoms with van der Waals surface area (Å²) >= 11 is 3.40. The first-order valence-corrected chi connectivity index (χ1v) is 8.22. The van der Waals surface area contributed by atoms with E-state index in [1.54, 1.807) is 0 Å². The fraction of sp³-hybridized carbons (Fsp3) is 0.625. The van der Waals surface area contributed by atoms with E-state index in [1.165, 1.54) is 12.8 Å². The van der Waals surface area contributed by atoms with Crippen molar-refractivity contribution in [2.75, 3.05) is 18.5 Å². The summed E-state index contributed by atoms with van der Waals surface area (Å²) in [5.74, 6) is 0.832. The minimum absolute atomic E-state index is 0.341. The topological polar surface area (TPSA) is 41.5 Å². The molecule has 20 heavy (non-hydrogen) atoms. The number of ether oxygens (including phenoxy) is 1. The highest BCUT2D eigenvalue weighted by molar-refractivity contribution is 9.10. The summed E-state index contributed by atoms with van der Waals surface area (Å²) in [6.07, 6.45) is 4.64. The van der Waals surface area contributed by atoms with Gasteiger partial charge in [-0.05, 0) is 55.9 Å². The van der Waals surface area contributed by atoms with Gasteiger partial charge in [0.15, 0.2) is 0 Å². The van der Waals surface area contributed by atoms with Gasteiger partial charge < -0.3 is 15.2 Å². The van der Waals surface area contributed by atoms with Crippen LogP contribution in [0.3, 0.4) is 0 Å². The third kappa shape index (κ3) is 5.43. The lowest BCUT2D eigenvalue weighted by Gasteiger charge is -2.27. The lowest BCUT2D eigenvalue weighted by molar-refractivity contribution is -0.0245. The zero-order valence-electron chi connectivity index (χ0n) is 12.0. The van der Waals surface area contributed by atoms with E-state index in [2.05, 4.69) is 28.2 Å². The average Bonchev–Trinajstić information content (AvgIpc) is 2.46. The van der Waals surface area contributed by atoms with Crippen molar-refractivity contribution in [2.24, 2.45) is 5.92 Å². The van der Waals surface area contributed by atoms with Crippen LogP contribution in [0.2, 0.25) is 0 Å². The van der Waals surface area contributed by atoms with E-state index in [4.69, 9.17) is 4.74 Å². The Morgan fingerprint density at radius 2 is 1.90 bits per heavy atom. The van der Waals surface area contributed by atoms with Gasteiger partial charge in [-0.15, -0.1) is 0 Å². The minimum atomic E-state index is -0.460. The molecule has 0 radical (unpaired) electrons. The highest BCUT2D eigenvalue weighted by Crippen LogP contribution is 2.25. The van der Waals surface area contributed by atoms with E-state index in [0.29, 0.717) is 19.3 Å². The quantitative estimate of drug-likeness (QED) is 0.826. The summed E-state index contributed by atoms with van der Waals surface area (Å²) in [5.41, 5.74) is 1.01. The number of aliphatic hydroxyl groups is 1. The fourth-order valence-corrected chi connectivity index (χ4v) is 2.77. The predicted molar refractivity (Wildman–Crippen MR) is 86.0 cm³/mol. The van der Waals surface area contributed by atoms with Crippen molar-refractivity contribution >= 4 is 21.6 Å². The summed E-state index contributed by atoms with van der Waals surface area (Å²) < 4.78 is 6.86. The molecule has 4 heteroatoms. The van der Waals surface area contributed by atoms with Crippen LogP contribution in [0, 0.1) is 5.92 Å². The molecule has 2 rings (SSSR count). The van der Waals surface area contributed by atoms with Gasteiger partial charge >= 0.3 is 0 Å². The normalized spacial score (nSPS) is 24.4. The van der Waals surface area contributed by atoms with Crippen LogP contribution in [-0.4, -0.2) is 30.5 Å². The fourth-order valence-electron chi connectivity index (χ4n) is 2.51. The minimum Gasteiger partial charge on any atom is -0.389 e. The lowest BCUT2D eigenvalue weighted by Crippen LogP contribution is -2.29. The molecule has 1 aliphatic rings. The summed E-state index contributed by atoms with van der Waals surface area (Å²) in [7, 11) is 0. The SMILES string of the molecule is CC1CCC(OCC(O)CNc2ccc(Br)cc2)CC1. The Morgan fingerprint density at radius 3 is 2.55 bits per heavy atom. The molecule has 1 fully saturated rings. The second-order valence-electron chi connectivity index (χ2n) is 5.76. The molecular weight excluding hydrogens is 318 g/mol.